The first-order valence-electron chi connectivity index (χ1n) is 8.34. The van der Waals surface area contributed by atoms with E-state index in [1.54, 1.807) is 0 Å². The van der Waals surface area contributed by atoms with Gasteiger partial charge in [-0.15, -0.1) is 18.2 Å². The topological polar surface area (TPSA) is 17.8 Å². The lowest BCUT2D eigenvalue weighted by Crippen LogP contribution is -1.92. The molecule has 0 amide bonds. The summed E-state index contributed by atoms with van der Waals surface area (Å²) in [5, 5.41) is 2.33. The zero-order valence-corrected chi connectivity index (χ0v) is 13.6. The Hall–Kier alpha value is -3.39. The molecule has 0 atom stereocenters. The van der Waals surface area contributed by atoms with Crippen molar-refractivity contribution in [2.75, 3.05) is 0 Å². The molecule has 5 rings (SSSR count). The number of hydrogen-bond donors (Lipinski definition) is 0. The number of rotatable bonds is 2. The third-order valence-corrected chi connectivity index (χ3v) is 4.53. The smallest absolute Gasteiger partial charge is 0.0383 e. The molecule has 0 N–H and O–H groups in total. The van der Waals surface area contributed by atoms with Gasteiger partial charge in [-0.25, -0.2) is 0 Å². The van der Waals surface area contributed by atoms with Crippen LogP contribution < -0.4 is 0 Å². The van der Waals surface area contributed by atoms with Gasteiger partial charge in [0.2, 0.25) is 0 Å². The first-order valence-corrected chi connectivity index (χ1v) is 8.34. The molecule has 2 heteroatoms. The van der Waals surface area contributed by atoms with Crippen LogP contribution in [0.2, 0.25) is 0 Å². The predicted molar refractivity (Wildman–Crippen MR) is 103 cm³/mol. The molecule has 0 bridgehead atoms. The van der Waals surface area contributed by atoms with Gasteiger partial charge in [-0.2, -0.15) is 0 Å². The average Bonchev–Trinajstić information content (AvgIpc) is 3.03. The predicted octanol–water partition coefficient (Wildman–Crippen LogP) is 5.65. The van der Waals surface area contributed by atoms with Crippen LogP contribution in [0.5, 0.6) is 0 Å². The van der Waals surface area contributed by atoms with Crippen molar-refractivity contribution in [2.45, 2.75) is 0 Å². The Balaban J connectivity index is 1.86. The lowest BCUT2D eigenvalue weighted by atomic mass is 10.1. The van der Waals surface area contributed by atoms with Crippen molar-refractivity contribution in [3.05, 3.63) is 97.2 Å². The van der Waals surface area contributed by atoms with E-state index in [4.69, 9.17) is 0 Å². The molecule has 0 radical (unpaired) electrons. The highest BCUT2D eigenvalue weighted by Gasteiger charge is 2.07. The van der Waals surface area contributed by atoms with E-state index in [2.05, 4.69) is 76.3 Å². The minimum absolute atomic E-state index is 0.945. The van der Waals surface area contributed by atoms with E-state index in [-0.39, 0.29) is 0 Å². The van der Waals surface area contributed by atoms with E-state index in [0.717, 1.165) is 27.8 Å². The number of nitrogens with zero attached hydrogens (tertiary/aromatic N) is 2. The van der Waals surface area contributed by atoms with Crippen LogP contribution in [0.15, 0.2) is 91.1 Å². The Labute approximate surface area is 146 Å². The normalized spacial score (nSPS) is 11.2. The van der Waals surface area contributed by atoms with Gasteiger partial charge < -0.3 is 4.57 Å². The Morgan fingerprint density at radius 1 is 0.680 bits per heavy atom. The largest absolute Gasteiger partial charge is 0.349 e. The SMILES string of the molecule is [c-]1c(-c2ccccn2)ccc2c1c1ccccc1n2-c1ccccc1. The third kappa shape index (κ3) is 2.23. The number of aromatic nitrogens is 2. The molecule has 0 saturated heterocycles. The van der Waals surface area contributed by atoms with Crippen molar-refractivity contribution >= 4 is 21.8 Å². The van der Waals surface area contributed by atoms with Crippen LogP contribution in [0, 0.1) is 6.07 Å². The lowest BCUT2D eigenvalue weighted by Gasteiger charge is -2.12. The fourth-order valence-corrected chi connectivity index (χ4v) is 3.41. The second-order valence-electron chi connectivity index (χ2n) is 6.04. The summed E-state index contributed by atoms with van der Waals surface area (Å²) in [6, 6.07) is 32.8. The van der Waals surface area contributed by atoms with Crippen LogP contribution in [-0.2, 0) is 0 Å². The summed E-state index contributed by atoms with van der Waals surface area (Å²) in [6.07, 6.45) is 1.82. The molecule has 0 aliphatic carbocycles. The van der Waals surface area contributed by atoms with Crippen molar-refractivity contribution in [1.82, 2.24) is 9.55 Å². The number of fused-ring (bicyclic) bond motifs is 3. The van der Waals surface area contributed by atoms with Gasteiger partial charge in [0.15, 0.2) is 0 Å². The van der Waals surface area contributed by atoms with Crippen LogP contribution in [-0.4, -0.2) is 9.55 Å². The van der Waals surface area contributed by atoms with Crippen molar-refractivity contribution in [3.63, 3.8) is 0 Å². The zero-order valence-electron chi connectivity index (χ0n) is 13.6. The first kappa shape index (κ1) is 14.0. The molecule has 2 nitrogen and oxygen atoms in total. The minimum atomic E-state index is 0.945. The van der Waals surface area contributed by atoms with Crippen molar-refractivity contribution < 1.29 is 0 Å². The summed E-state index contributed by atoms with van der Waals surface area (Å²) in [5.74, 6) is 0. The molecule has 0 unspecified atom stereocenters. The molecular formula is C23H15N2-. The minimum Gasteiger partial charge on any atom is -0.349 e. The Morgan fingerprint density at radius 2 is 1.48 bits per heavy atom. The van der Waals surface area contributed by atoms with Gasteiger partial charge in [-0.1, -0.05) is 64.9 Å². The van der Waals surface area contributed by atoms with Crippen molar-refractivity contribution in [3.8, 4) is 16.9 Å². The van der Waals surface area contributed by atoms with Gasteiger partial charge in [0, 0.05) is 23.1 Å². The average molecular weight is 319 g/mol. The molecule has 25 heavy (non-hydrogen) atoms. The summed E-state index contributed by atoms with van der Waals surface area (Å²) in [4.78, 5) is 4.46. The highest BCUT2D eigenvalue weighted by molar-refractivity contribution is 6.10. The molecule has 0 fully saturated rings. The van der Waals surface area contributed by atoms with Crippen LogP contribution in [0.1, 0.15) is 0 Å². The summed E-state index contributed by atoms with van der Waals surface area (Å²) < 4.78 is 2.30. The highest BCUT2D eigenvalue weighted by Crippen LogP contribution is 2.33. The standard InChI is InChI=1S/C23H15N2/c1-2-8-18(9-3-1)25-22-12-5-4-10-19(22)20-16-17(13-14-23(20)25)21-11-6-7-15-24-21/h1-15H/q-1. The molecule has 0 aliphatic rings. The number of hydrogen-bond acceptors (Lipinski definition) is 1. The zero-order chi connectivity index (χ0) is 16.6. The summed E-state index contributed by atoms with van der Waals surface area (Å²) in [7, 11) is 0. The first-order chi connectivity index (χ1) is 12.4. The number of para-hydroxylation sites is 2. The van der Waals surface area contributed by atoms with E-state index < -0.39 is 0 Å². The lowest BCUT2D eigenvalue weighted by molar-refractivity contribution is 1.18. The van der Waals surface area contributed by atoms with Crippen LogP contribution >= 0.6 is 0 Å². The maximum atomic E-state index is 4.46. The van der Waals surface area contributed by atoms with E-state index >= 15 is 0 Å². The molecule has 2 heterocycles. The monoisotopic (exact) mass is 319 g/mol. The van der Waals surface area contributed by atoms with Gasteiger partial charge >= 0.3 is 0 Å². The van der Waals surface area contributed by atoms with Crippen LogP contribution in [0.25, 0.3) is 38.8 Å². The quantitative estimate of drug-likeness (QED) is 0.385. The van der Waals surface area contributed by atoms with Gasteiger partial charge in [-0.3, -0.25) is 4.98 Å². The Morgan fingerprint density at radius 3 is 2.32 bits per heavy atom. The summed E-state index contributed by atoms with van der Waals surface area (Å²) in [6.45, 7) is 0. The number of benzene rings is 3. The fraction of sp³-hybridized carbons (Fsp3) is 0. The van der Waals surface area contributed by atoms with Crippen molar-refractivity contribution in [1.29, 1.82) is 0 Å². The van der Waals surface area contributed by atoms with Crippen molar-refractivity contribution in [2.24, 2.45) is 0 Å². The highest BCUT2D eigenvalue weighted by atomic mass is 15.0. The van der Waals surface area contributed by atoms with E-state index in [0.29, 0.717) is 0 Å². The van der Waals surface area contributed by atoms with Gasteiger partial charge in [0.05, 0.1) is 0 Å². The summed E-state index contributed by atoms with van der Waals surface area (Å²) >= 11 is 0. The molecule has 0 aliphatic heterocycles. The van der Waals surface area contributed by atoms with Crippen LogP contribution in [0.4, 0.5) is 0 Å². The van der Waals surface area contributed by atoms with Gasteiger partial charge in [0.1, 0.15) is 0 Å². The van der Waals surface area contributed by atoms with E-state index in [1.807, 2.05) is 30.5 Å². The molecule has 3 aromatic carbocycles. The Kier molecular flexibility index (Phi) is 3.14. The van der Waals surface area contributed by atoms with Gasteiger partial charge in [0.25, 0.3) is 0 Å². The van der Waals surface area contributed by atoms with E-state index in [1.165, 1.54) is 10.9 Å². The maximum absolute atomic E-state index is 4.46. The van der Waals surface area contributed by atoms with Gasteiger partial charge in [-0.05, 0) is 29.8 Å². The second kappa shape index (κ2) is 5.60. The molecule has 5 aromatic rings. The Bertz CT molecular complexity index is 1170. The molecule has 0 spiro atoms. The molecule has 118 valence electrons. The maximum Gasteiger partial charge on any atom is 0.0383 e. The fourth-order valence-electron chi connectivity index (χ4n) is 3.41. The second-order valence-corrected chi connectivity index (χ2v) is 6.04. The van der Waals surface area contributed by atoms with Crippen LogP contribution in [0.3, 0.4) is 0 Å². The molecule has 0 saturated carbocycles. The molecule has 2 aromatic heterocycles. The van der Waals surface area contributed by atoms with E-state index in [9.17, 15) is 0 Å². The number of pyridine rings is 1. The third-order valence-electron chi connectivity index (χ3n) is 4.53. The molecular weight excluding hydrogens is 304 g/mol. The summed E-state index contributed by atoms with van der Waals surface area (Å²) in [5.41, 5.74) is 5.47.